The van der Waals surface area contributed by atoms with Crippen molar-refractivity contribution in [2.75, 3.05) is 0 Å². The number of hydrogen-bond donors (Lipinski definition) is 1. The number of sulfonamides is 1. The summed E-state index contributed by atoms with van der Waals surface area (Å²) in [5.41, 5.74) is -0.114. The SMILES string of the molecule is O=[N+]([O-])c1ccc(S(=O)(=O)NC2CCCCC2)cc1. The Kier molecular flexibility index (Phi) is 4.16. The molecule has 1 aromatic carbocycles. The highest BCUT2D eigenvalue weighted by Gasteiger charge is 2.22. The summed E-state index contributed by atoms with van der Waals surface area (Å²) in [6.07, 6.45) is 4.93. The third-order valence-corrected chi connectivity index (χ3v) is 4.82. The Bertz CT molecular complexity index is 548. The molecule has 7 heteroatoms. The van der Waals surface area contributed by atoms with Gasteiger partial charge in [0.05, 0.1) is 9.82 Å². The van der Waals surface area contributed by atoms with Gasteiger partial charge in [-0.1, -0.05) is 19.3 Å². The lowest BCUT2D eigenvalue weighted by Crippen LogP contribution is -2.36. The second-order valence-electron chi connectivity index (χ2n) is 4.71. The van der Waals surface area contributed by atoms with Gasteiger partial charge in [-0.3, -0.25) is 10.1 Å². The highest BCUT2D eigenvalue weighted by molar-refractivity contribution is 7.89. The molecule has 1 N–H and O–H groups in total. The molecule has 0 saturated heterocycles. The van der Waals surface area contributed by atoms with Crippen LogP contribution < -0.4 is 4.72 Å². The standard InChI is InChI=1S/C12H16N2O4S/c15-14(16)11-6-8-12(9-7-11)19(17,18)13-10-4-2-1-3-5-10/h6-10,13H,1-5H2. The summed E-state index contributed by atoms with van der Waals surface area (Å²) < 4.78 is 26.9. The fourth-order valence-corrected chi connectivity index (χ4v) is 3.56. The number of non-ortho nitro benzene ring substituents is 1. The lowest BCUT2D eigenvalue weighted by molar-refractivity contribution is -0.384. The third kappa shape index (κ3) is 3.51. The average molecular weight is 284 g/mol. The number of nitrogens with zero attached hydrogens (tertiary/aromatic N) is 1. The van der Waals surface area contributed by atoms with Crippen molar-refractivity contribution in [2.45, 2.75) is 43.0 Å². The van der Waals surface area contributed by atoms with E-state index in [9.17, 15) is 18.5 Å². The number of nitro groups is 1. The molecule has 0 unspecified atom stereocenters. The molecule has 2 rings (SSSR count). The maximum Gasteiger partial charge on any atom is 0.269 e. The van der Waals surface area contributed by atoms with Crippen molar-refractivity contribution in [1.82, 2.24) is 4.72 Å². The highest BCUT2D eigenvalue weighted by Crippen LogP contribution is 2.21. The number of hydrogen-bond acceptors (Lipinski definition) is 4. The van der Waals surface area contributed by atoms with Crippen molar-refractivity contribution < 1.29 is 13.3 Å². The number of nitro benzene ring substituents is 1. The minimum absolute atomic E-state index is 0.0195. The summed E-state index contributed by atoms with van der Waals surface area (Å²) in [6, 6.07) is 4.92. The first-order chi connectivity index (χ1) is 8.99. The average Bonchev–Trinajstić information content (AvgIpc) is 2.39. The fourth-order valence-electron chi connectivity index (χ4n) is 2.25. The van der Waals surface area contributed by atoms with Crippen LogP contribution in [0.5, 0.6) is 0 Å². The molecule has 19 heavy (non-hydrogen) atoms. The lowest BCUT2D eigenvalue weighted by atomic mass is 9.96. The molecule has 1 saturated carbocycles. The summed E-state index contributed by atoms with van der Waals surface area (Å²) in [6.45, 7) is 0. The summed E-state index contributed by atoms with van der Waals surface area (Å²) in [5.74, 6) is 0. The summed E-state index contributed by atoms with van der Waals surface area (Å²) >= 11 is 0. The zero-order valence-corrected chi connectivity index (χ0v) is 11.2. The van der Waals surface area contributed by atoms with Gasteiger partial charge in [-0.15, -0.1) is 0 Å². The third-order valence-electron chi connectivity index (χ3n) is 3.28. The summed E-state index contributed by atoms with van der Waals surface area (Å²) in [7, 11) is -3.57. The zero-order chi connectivity index (χ0) is 13.9. The van der Waals surface area contributed by atoms with Crippen LogP contribution in [0.3, 0.4) is 0 Å². The van der Waals surface area contributed by atoms with E-state index >= 15 is 0 Å². The molecule has 6 nitrogen and oxygen atoms in total. The van der Waals surface area contributed by atoms with Gasteiger partial charge in [0.25, 0.3) is 5.69 Å². The molecule has 1 aliphatic rings. The minimum atomic E-state index is -3.57. The molecule has 0 heterocycles. The summed E-state index contributed by atoms with van der Waals surface area (Å²) in [5, 5.41) is 10.5. The van der Waals surface area contributed by atoms with Crippen molar-refractivity contribution in [2.24, 2.45) is 0 Å². The number of benzene rings is 1. The Morgan fingerprint density at radius 2 is 1.68 bits per heavy atom. The smallest absolute Gasteiger partial charge is 0.258 e. The first-order valence-corrected chi connectivity index (χ1v) is 7.74. The van der Waals surface area contributed by atoms with Crippen molar-refractivity contribution in [3.8, 4) is 0 Å². The van der Waals surface area contributed by atoms with Gasteiger partial charge in [-0.25, -0.2) is 13.1 Å². The first-order valence-electron chi connectivity index (χ1n) is 6.26. The largest absolute Gasteiger partial charge is 0.269 e. The Labute approximate surface area is 112 Å². The minimum Gasteiger partial charge on any atom is -0.258 e. The van der Waals surface area contributed by atoms with Gasteiger partial charge in [0, 0.05) is 18.2 Å². The quantitative estimate of drug-likeness (QED) is 0.678. The van der Waals surface area contributed by atoms with E-state index in [-0.39, 0.29) is 16.6 Å². The van der Waals surface area contributed by atoms with E-state index in [4.69, 9.17) is 0 Å². The van der Waals surface area contributed by atoms with Crippen LogP contribution in [0.2, 0.25) is 0 Å². The van der Waals surface area contributed by atoms with Crippen LogP contribution in [-0.2, 0) is 10.0 Å². The molecule has 104 valence electrons. The Morgan fingerprint density at radius 1 is 1.11 bits per heavy atom. The highest BCUT2D eigenvalue weighted by atomic mass is 32.2. The topological polar surface area (TPSA) is 89.3 Å². The summed E-state index contributed by atoms with van der Waals surface area (Å²) in [4.78, 5) is 10.0. The second-order valence-corrected chi connectivity index (χ2v) is 6.42. The maximum absolute atomic E-state index is 12.1. The molecule has 0 spiro atoms. The number of rotatable bonds is 4. The molecule has 0 amide bonds. The normalized spacial score (nSPS) is 17.3. The van der Waals surface area contributed by atoms with E-state index < -0.39 is 14.9 Å². The molecule has 0 bridgehead atoms. The van der Waals surface area contributed by atoms with Crippen LogP contribution >= 0.6 is 0 Å². The molecule has 0 radical (unpaired) electrons. The van der Waals surface area contributed by atoms with E-state index in [1.807, 2.05) is 0 Å². The van der Waals surface area contributed by atoms with E-state index in [0.29, 0.717) is 0 Å². The molecule has 0 atom stereocenters. The van der Waals surface area contributed by atoms with Crippen LogP contribution in [0.1, 0.15) is 32.1 Å². The first kappa shape index (κ1) is 14.0. The van der Waals surface area contributed by atoms with Gasteiger partial charge in [0.2, 0.25) is 10.0 Å². The van der Waals surface area contributed by atoms with E-state index in [1.54, 1.807) is 0 Å². The van der Waals surface area contributed by atoms with Crippen LogP contribution in [0, 0.1) is 10.1 Å². The fraction of sp³-hybridized carbons (Fsp3) is 0.500. The van der Waals surface area contributed by atoms with Gasteiger partial charge >= 0.3 is 0 Å². The monoisotopic (exact) mass is 284 g/mol. The van der Waals surface area contributed by atoms with Crippen LogP contribution in [0.4, 0.5) is 5.69 Å². The van der Waals surface area contributed by atoms with Gasteiger partial charge in [0.15, 0.2) is 0 Å². The predicted octanol–water partition coefficient (Wildman–Crippen LogP) is 2.21. The molecular weight excluding hydrogens is 268 g/mol. The van der Waals surface area contributed by atoms with E-state index in [1.165, 1.54) is 24.3 Å². The predicted molar refractivity (Wildman–Crippen MR) is 70.3 cm³/mol. The molecular formula is C12H16N2O4S. The molecule has 1 fully saturated rings. The zero-order valence-electron chi connectivity index (χ0n) is 10.4. The van der Waals surface area contributed by atoms with Gasteiger partial charge in [0.1, 0.15) is 0 Å². The Morgan fingerprint density at radius 3 is 2.21 bits per heavy atom. The molecule has 1 aromatic rings. The van der Waals surface area contributed by atoms with E-state index in [0.717, 1.165) is 32.1 Å². The number of nitrogens with one attached hydrogen (secondary N) is 1. The van der Waals surface area contributed by atoms with Crippen molar-refractivity contribution in [1.29, 1.82) is 0 Å². The van der Waals surface area contributed by atoms with Gasteiger partial charge in [-0.2, -0.15) is 0 Å². The van der Waals surface area contributed by atoms with Gasteiger partial charge < -0.3 is 0 Å². The van der Waals surface area contributed by atoms with Crippen molar-refractivity contribution in [3.63, 3.8) is 0 Å². The molecule has 1 aliphatic carbocycles. The van der Waals surface area contributed by atoms with Crippen LogP contribution in [0.15, 0.2) is 29.2 Å². The van der Waals surface area contributed by atoms with Gasteiger partial charge in [-0.05, 0) is 25.0 Å². The van der Waals surface area contributed by atoms with Crippen LogP contribution in [-0.4, -0.2) is 19.4 Å². The van der Waals surface area contributed by atoms with Crippen LogP contribution in [0.25, 0.3) is 0 Å². The lowest BCUT2D eigenvalue weighted by Gasteiger charge is -2.22. The second kappa shape index (κ2) is 5.66. The maximum atomic E-state index is 12.1. The Hall–Kier alpha value is -1.47. The Balaban J connectivity index is 2.12. The molecule has 0 aliphatic heterocycles. The molecule has 0 aromatic heterocycles. The van der Waals surface area contributed by atoms with Crippen molar-refractivity contribution in [3.05, 3.63) is 34.4 Å². The van der Waals surface area contributed by atoms with Crippen molar-refractivity contribution >= 4 is 15.7 Å². The van der Waals surface area contributed by atoms with E-state index in [2.05, 4.69) is 4.72 Å².